The van der Waals surface area contributed by atoms with Crippen LogP contribution in [0.1, 0.15) is 28.4 Å². The molecule has 1 aromatic heterocycles. The van der Waals surface area contributed by atoms with Crippen LogP contribution in [0, 0.1) is 5.92 Å². The molecule has 0 aliphatic carbocycles. The van der Waals surface area contributed by atoms with Crippen molar-refractivity contribution in [2.24, 2.45) is 5.92 Å². The Kier molecular flexibility index (Phi) is 6.18. The van der Waals surface area contributed by atoms with Crippen molar-refractivity contribution >= 4 is 17.3 Å². The van der Waals surface area contributed by atoms with Crippen molar-refractivity contribution in [3.05, 3.63) is 21.9 Å². The molecule has 0 bridgehead atoms. The van der Waals surface area contributed by atoms with Gasteiger partial charge in [0.05, 0.1) is 19.8 Å². The van der Waals surface area contributed by atoms with Gasteiger partial charge >= 0.3 is 5.97 Å². The zero-order valence-corrected chi connectivity index (χ0v) is 11.0. The van der Waals surface area contributed by atoms with Crippen LogP contribution in [0.25, 0.3) is 0 Å². The number of rotatable bonds is 8. The molecule has 0 radical (unpaired) electrons. The molecule has 1 heterocycles. The Bertz CT molecular complexity index is 346. The van der Waals surface area contributed by atoms with Crippen LogP contribution in [0.5, 0.6) is 0 Å². The number of ether oxygens (including phenoxy) is 2. The summed E-state index contributed by atoms with van der Waals surface area (Å²) >= 11 is 1.24. The lowest BCUT2D eigenvalue weighted by atomic mass is 10.2. The number of hydrogen-bond donors (Lipinski definition) is 1. The summed E-state index contributed by atoms with van der Waals surface area (Å²) in [7, 11) is 0. The fourth-order valence-corrected chi connectivity index (χ4v) is 1.96. The SMILES string of the molecule is CC(C)COCCOCc1ccc(C(=O)O)s1. The van der Waals surface area contributed by atoms with Gasteiger partial charge in [0.15, 0.2) is 0 Å². The fourth-order valence-electron chi connectivity index (χ4n) is 1.18. The molecule has 0 atom stereocenters. The van der Waals surface area contributed by atoms with Gasteiger partial charge in [0.25, 0.3) is 0 Å². The van der Waals surface area contributed by atoms with Gasteiger partial charge in [0.2, 0.25) is 0 Å². The molecular formula is C12H18O4S. The van der Waals surface area contributed by atoms with E-state index >= 15 is 0 Å². The number of hydrogen-bond acceptors (Lipinski definition) is 4. The third kappa shape index (κ3) is 5.81. The van der Waals surface area contributed by atoms with E-state index in [1.54, 1.807) is 12.1 Å². The van der Waals surface area contributed by atoms with Gasteiger partial charge in [-0.25, -0.2) is 4.79 Å². The summed E-state index contributed by atoms with van der Waals surface area (Å²) in [6.07, 6.45) is 0. The topological polar surface area (TPSA) is 55.8 Å². The molecule has 0 aliphatic rings. The maximum atomic E-state index is 10.6. The van der Waals surface area contributed by atoms with Gasteiger partial charge in [-0.15, -0.1) is 11.3 Å². The van der Waals surface area contributed by atoms with Gasteiger partial charge < -0.3 is 14.6 Å². The second-order valence-electron chi connectivity index (χ2n) is 4.09. The maximum Gasteiger partial charge on any atom is 0.345 e. The second kappa shape index (κ2) is 7.42. The molecule has 0 saturated carbocycles. The van der Waals surface area contributed by atoms with E-state index in [2.05, 4.69) is 13.8 Å². The minimum atomic E-state index is -0.887. The second-order valence-corrected chi connectivity index (χ2v) is 5.26. The number of thiophene rings is 1. The van der Waals surface area contributed by atoms with Crippen molar-refractivity contribution in [1.29, 1.82) is 0 Å². The van der Waals surface area contributed by atoms with Crippen LogP contribution < -0.4 is 0 Å². The lowest BCUT2D eigenvalue weighted by Gasteiger charge is -2.06. The van der Waals surface area contributed by atoms with Crippen molar-refractivity contribution in [2.75, 3.05) is 19.8 Å². The normalized spacial score (nSPS) is 11.0. The molecule has 1 N–H and O–H groups in total. The largest absolute Gasteiger partial charge is 0.477 e. The van der Waals surface area contributed by atoms with E-state index in [9.17, 15) is 4.79 Å². The van der Waals surface area contributed by atoms with Crippen molar-refractivity contribution in [3.63, 3.8) is 0 Å². The molecule has 0 fully saturated rings. The minimum Gasteiger partial charge on any atom is -0.477 e. The highest BCUT2D eigenvalue weighted by atomic mass is 32.1. The van der Waals surface area contributed by atoms with Gasteiger partial charge in [-0.2, -0.15) is 0 Å². The Morgan fingerprint density at radius 2 is 2.06 bits per heavy atom. The van der Waals surface area contributed by atoms with Crippen molar-refractivity contribution in [2.45, 2.75) is 20.5 Å². The first kappa shape index (κ1) is 14.2. The molecule has 17 heavy (non-hydrogen) atoms. The van der Waals surface area contributed by atoms with Gasteiger partial charge in [-0.1, -0.05) is 13.8 Å². The molecule has 0 unspecified atom stereocenters. The van der Waals surface area contributed by atoms with Crippen molar-refractivity contribution < 1.29 is 19.4 Å². The smallest absolute Gasteiger partial charge is 0.345 e. The Morgan fingerprint density at radius 1 is 1.35 bits per heavy atom. The Balaban J connectivity index is 2.11. The van der Waals surface area contributed by atoms with Crippen LogP contribution in [0.4, 0.5) is 0 Å². The summed E-state index contributed by atoms with van der Waals surface area (Å²) in [5.74, 6) is -0.355. The van der Waals surface area contributed by atoms with Crippen LogP contribution in [0.15, 0.2) is 12.1 Å². The van der Waals surface area contributed by atoms with Crippen LogP contribution in [-0.2, 0) is 16.1 Å². The quantitative estimate of drug-likeness (QED) is 0.728. The van der Waals surface area contributed by atoms with E-state index in [0.29, 0.717) is 30.6 Å². The fraction of sp³-hybridized carbons (Fsp3) is 0.583. The van der Waals surface area contributed by atoms with Crippen LogP contribution >= 0.6 is 11.3 Å². The van der Waals surface area contributed by atoms with E-state index in [4.69, 9.17) is 14.6 Å². The van der Waals surface area contributed by atoms with Gasteiger partial charge in [-0.05, 0) is 18.1 Å². The summed E-state index contributed by atoms with van der Waals surface area (Å²) in [5, 5.41) is 8.74. The highest BCUT2D eigenvalue weighted by Crippen LogP contribution is 2.17. The van der Waals surface area contributed by atoms with Gasteiger partial charge in [-0.3, -0.25) is 0 Å². The molecule has 1 rings (SSSR count). The van der Waals surface area contributed by atoms with Crippen LogP contribution in [0.2, 0.25) is 0 Å². The first-order valence-corrected chi connectivity index (χ1v) is 6.38. The standard InChI is InChI=1S/C12H18O4S/c1-9(2)7-15-5-6-16-8-10-3-4-11(17-10)12(13)14/h3-4,9H,5-8H2,1-2H3,(H,13,14). The van der Waals surface area contributed by atoms with Gasteiger partial charge in [0, 0.05) is 11.5 Å². The first-order valence-electron chi connectivity index (χ1n) is 5.57. The van der Waals surface area contributed by atoms with E-state index in [0.717, 1.165) is 11.5 Å². The molecule has 0 saturated heterocycles. The lowest BCUT2D eigenvalue weighted by Crippen LogP contribution is -2.08. The molecule has 4 nitrogen and oxygen atoms in total. The summed E-state index contributed by atoms with van der Waals surface area (Å²) in [6, 6.07) is 3.38. The molecular weight excluding hydrogens is 240 g/mol. The summed E-state index contributed by atoms with van der Waals surface area (Å²) in [4.78, 5) is 11.9. The van der Waals surface area contributed by atoms with Crippen molar-refractivity contribution in [1.82, 2.24) is 0 Å². The molecule has 1 aromatic rings. The molecule has 0 aliphatic heterocycles. The summed E-state index contributed by atoms with van der Waals surface area (Å²) in [5.41, 5.74) is 0. The van der Waals surface area contributed by atoms with Crippen LogP contribution in [-0.4, -0.2) is 30.9 Å². The number of carboxylic acids is 1. The molecule has 0 amide bonds. The maximum absolute atomic E-state index is 10.6. The first-order chi connectivity index (χ1) is 8.09. The van der Waals surface area contributed by atoms with Gasteiger partial charge in [0.1, 0.15) is 4.88 Å². The summed E-state index contributed by atoms with van der Waals surface area (Å²) < 4.78 is 10.7. The zero-order chi connectivity index (χ0) is 12.7. The highest BCUT2D eigenvalue weighted by molar-refractivity contribution is 7.13. The van der Waals surface area contributed by atoms with Crippen LogP contribution in [0.3, 0.4) is 0 Å². The number of carboxylic acid groups (broad SMARTS) is 1. The Labute approximate surface area is 105 Å². The average molecular weight is 258 g/mol. The third-order valence-corrected chi connectivity index (χ3v) is 2.99. The predicted octanol–water partition coefficient (Wildman–Crippen LogP) is 2.64. The lowest BCUT2D eigenvalue weighted by molar-refractivity contribution is 0.0322. The van der Waals surface area contributed by atoms with E-state index in [1.807, 2.05) is 0 Å². The van der Waals surface area contributed by atoms with E-state index in [-0.39, 0.29) is 0 Å². The van der Waals surface area contributed by atoms with E-state index in [1.165, 1.54) is 11.3 Å². The number of aromatic carboxylic acids is 1. The monoisotopic (exact) mass is 258 g/mol. The third-order valence-electron chi connectivity index (χ3n) is 1.94. The average Bonchev–Trinajstić information content (AvgIpc) is 2.71. The van der Waals surface area contributed by atoms with Crippen molar-refractivity contribution in [3.8, 4) is 0 Å². The minimum absolute atomic E-state index is 0.347. The molecule has 0 spiro atoms. The zero-order valence-electron chi connectivity index (χ0n) is 10.1. The molecule has 0 aromatic carbocycles. The summed E-state index contributed by atoms with van der Waals surface area (Å²) in [6.45, 7) is 6.50. The number of carbonyl (C=O) groups is 1. The molecule has 96 valence electrons. The highest BCUT2D eigenvalue weighted by Gasteiger charge is 2.06. The Hall–Kier alpha value is -0.910. The molecule has 5 heteroatoms. The Morgan fingerprint density at radius 3 is 2.65 bits per heavy atom. The predicted molar refractivity (Wildman–Crippen MR) is 66.6 cm³/mol. The van der Waals surface area contributed by atoms with E-state index < -0.39 is 5.97 Å².